The molecule has 0 radical (unpaired) electrons. The third-order valence-electron chi connectivity index (χ3n) is 3.82. The van der Waals surface area contributed by atoms with Gasteiger partial charge in [0.05, 0.1) is 0 Å². The number of benzene rings is 1. The summed E-state index contributed by atoms with van der Waals surface area (Å²) in [5.74, 6) is 0. The molecule has 0 aliphatic carbocycles. The predicted octanol–water partition coefficient (Wildman–Crippen LogP) is 2.95. The van der Waals surface area contributed by atoms with Gasteiger partial charge in [0.15, 0.2) is 5.28 Å². The number of nitrogens with zero attached hydrogens (tertiary/aromatic N) is 3. The van der Waals surface area contributed by atoms with E-state index in [2.05, 4.69) is 10.2 Å². The van der Waals surface area contributed by atoms with Crippen molar-refractivity contribution in [3.63, 3.8) is 0 Å². The van der Waals surface area contributed by atoms with Crippen LogP contribution in [0.15, 0.2) is 35.6 Å². The van der Waals surface area contributed by atoms with E-state index in [9.17, 15) is 5.21 Å². The number of likely N-dealkylation sites (tertiary alicyclic amines) is 1. The van der Waals surface area contributed by atoms with Gasteiger partial charge in [0.2, 0.25) is 6.04 Å². The minimum absolute atomic E-state index is 0.0325. The molecule has 0 amide bonds. The number of hydroxylamine groups is 1. The van der Waals surface area contributed by atoms with E-state index in [0.29, 0.717) is 4.86 Å². The van der Waals surface area contributed by atoms with Gasteiger partial charge >= 0.3 is 0 Å². The van der Waals surface area contributed by atoms with Gasteiger partial charge in [-0.25, -0.2) is 0 Å². The monoisotopic (exact) mass is 263 g/mol. The molecule has 1 heterocycles. The zero-order chi connectivity index (χ0) is 13.7. The highest BCUT2D eigenvalue weighted by molar-refractivity contribution is 5.20. The number of rotatable bonds is 4. The third-order valence-corrected chi connectivity index (χ3v) is 3.82. The second kappa shape index (κ2) is 6.52. The standard InChI is InChI=1S/C14H21N3O2/c1-12(17(19)15-18)14(13-8-4-2-5-9-13)16-10-6-3-7-11-16/h2,4-5,8-9,12,14,18H,3,6-7,10-11H2,1H3/b17-15-. The summed E-state index contributed by atoms with van der Waals surface area (Å²) in [7, 11) is 0. The molecule has 1 fully saturated rings. The van der Waals surface area contributed by atoms with E-state index in [-0.39, 0.29) is 6.04 Å². The van der Waals surface area contributed by atoms with Crippen LogP contribution in [0.25, 0.3) is 0 Å². The first-order chi connectivity index (χ1) is 9.24. The minimum Gasteiger partial charge on any atom is -0.597 e. The van der Waals surface area contributed by atoms with E-state index in [0.717, 1.165) is 31.5 Å². The first-order valence-electron chi connectivity index (χ1n) is 6.84. The predicted molar refractivity (Wildman–Crippen MR) is 71.9 cm³/mol. The maximum absolute atomic E-state index is 11.6. The summed E-state index contributed by atoms with van der Waals surface area (Å²) >= 11 is 0. The quantitative estimate of drug-likeness (QED) is 0.516. The van der Waals surface area contributed by atoms with E-state index < -0.39 is 6.04 Å². The summed E-state index contributed by atoms with van der Waals surface area (Å²) in [5.41, 5.74) is 1.10. The second-order valence-corrected chi connectivity index (χ2v) is 5.08. The van der Waals surface area contributed by atoms with Gasteiger partial charge in [0.25, 0.3) is 0 Å². The van der Waals surface area contributed by atoms with Crippen molar-refractivity contribution >= 4 is 0 Å². The zero-order valence-corrected chi connectivity index (χ0v) is 11.3. The van der Waals surface area contributed by atoms with E-state index >= 15 is 0 Å². The molecule has 2 atom stereocenters. The molecule has 104 valence electrons. The Morgan fingerprint density at radius 2 is 1.84 bits per heavy atom. The molecular weight excluding hydrogens is 242 g/mol. The summed E-state index contributed by atoms with van der Waals surface area (Å²) in [6.07, 6.45) is 3.56. The van der Waals surface area contributed by atoms with Crippen LogP contribution in [0, 0.1) is 5.21 Å². The maximum atomic E-state index is 11.6. The topological polar surface area (TPSA) is 61.9 Å². The molecular formula is C14H21N3O2. The number of piperidine rings is 1. The Kier molecular flexibility index (Phi) is 4.74. The molecule has 19 heavy (non-hydrogen) atoms. The fourth-order valence-electron chi connectivity index (χ4n) is 2.84. The molecule has 0 aromatic heterocycles. The van der Waals surface area contributed by atoms with Crippen molar-refractivity contribution in [2.75, 3.05) is 13.1 Å². The van der Waals surface area contributed by atoms with Crippen molar-refractivity contribution in [2.24, 2.45) is 5.28 Å². The Labute approximate surface area is 113 Å². The molecule has 1 aromatic rings. The molecule has 1 aliphatic rings. The maximum Gasteiger partial charge on any atom is 0.210 e. The molecule has 5 nitrogen and oxygen atoms in total. The molecule has 1 aliphatic heterocycles. The first-order valence-corrected chi connectivity index (χ1v) is 6.84. The summed E-state index contributed by atoms with van der Waals surface area (Å²) < 4.78 is 0. The average molecular weight is 263 g/mol. The van der Waals surface area contributed by atoms with Crippen LogP contribution in [0.5, 0.6) is 0 Å². The van der Waals surface area contributed by atoms with Crippen molar-refractivity contribution in [1.82, 2.24) is 4.90 Å². The smallest absolute Gasteiger partial charge is 0.210 e. The Morgan fingerprint density at radius 1 is 1.21 bits per heavy atom. The van der Waals surface area contributed by atoms with Gasteiger partial charge in [-0.15, -0.1) is 0 Å². The highest BCUT2D eigenvalue weighted by atomic mass is 16.6. The highest BCUT2D eigenvalue weighted by Gasteiger charge is 2.33. The van der Waals surface area contributed by atoms with Crippen LogP contribution >= 0.6 is 0 Å². The summed E-state index contributed by atoms with van der Waals surface area (Å²) in [6, 6.07) is 9.53. The van der Waals surface area contributed by atoms with E-state index in [1.54, 1.807) is 6.92 Å². The lowest BCUT2D eigenvalue weighted by molar-refractivity contribution is -0.595. The van der Waals surface area contributed by atoms with Crippen LogP contribution in [0.4, 0.5) is 0 Å². The highest BCUT2D eigenvalue weighted by Crippen LogP contribution is 2.28. The molecule has 1 N–H and O–H groups in total. The molecule has 2 rings (SSSR count). The Bertz CT molecular complexity index is 416. The van der Waals surface area contributed by atoms with Crippen LogP contribution in [0.3, 0.4) is 0 Å². The molecule has 0 bridgehead atoms. The zero-order valence-electron chi connectivity index (χ0n) is 11.3. The van der Waals surface area contributed by atoms with Gasteiger partial charge in [-0.1, -0.05) is 41.6 Å². The number of hydrogen-bond acceptors (Lipinski definition) is 3. The Hall–Kier alpha value is -1.62. The van der Waals surface area contributed by atoms with Crippen molar-refractivity contribution in [2.45, 2.75) is 38.3 Å². The lowest BCUT2D eigenvalue weighted by Gasteiger charge is -2.35. The summed E-state index contributed by atoms with van der Waals surface area (Å²) in [6.45, 7) is 3.78. The van der Waals surface area contributed by atoms with Gasteiger partial charge in [0.1, 0.15) is 6.04 Å². The SMILES string of the molecule is CC(C(c1ccccc1)N1CCCCC1)/[N+]([O-])=N/O. The van der Waals surface area contributed by atoms with Crippen LogP contribution in [-0.4, -0.2) is 34.1 Å². The number of hydrogen-bond donors (Lipinski definition) is 1. The molecule has 1 aromatic carbocycles. The van der Waals surface area contributed by atoms with Crippen LogP contribution in [-0.2, 0) is 0 Å². The minimum atomic E-state index is -0.412. The second-order valence-electron chi connectivity index (χ2n) is 5.08. The molecule has 0 spiro atoms. The lowest BCUT2D eigenvalue weighted by atomic mass is 9.96. The van der Waals surface area contributed by atoms with E-state index in [1.807, 2.05) is 30.3 Å². The Balaban J connectivity index is 2.27. The van der Waals surface area contributed by atoms with Gasteiger partial charge < -0.3 is 10.4 Å². The van der Waals surface area contributed by atoms with Crippen LogP contribution < -0.4 is 0 Å². The van der Waals surface area contributed by atoms with Crippen molar-refractivity contribution in [3.8, 4) is 0 Å². The molecule has 5 heteroatoms. The van der Waals surface area contributed by atoms with E-state index in [1.165, 1.54) is 6.42 Å². The molecule has 1 saturated heterocycles. The van der Waals surface area contributed by atoms with Crippen LogP contribution in [0.1, 0.15) is 37.8 Å². The average Bonchev–Trinajstić information content (AvgIpc) is 2.49. The molecule has 2 unspecified atom stereocenters. The fraction of sp³-hybridized carbons (Fsp3) is 0.571. The Morgan fingerprint density at radius 3 is 2.42 bits per heavy atom. The van der Waals surface area contributed by atoms with Crippen molar-refractivity contribution in [1.29, 1.82) is 0 Å². The molecule has 0 saturated carbocycles. The fourth-order valence-corrected chi connectivity index (χ4v) is 2.84. The van der Waals surface area contributed by atoms with Gasteiger partial charge in [-0.05, 0) is 31.5 Å². The normalized spacial score (nSPS) is 21.0. The van der Waals surface area contributed by atoms with Gasteiger partial charge in [-0.2, -0.15) is 0 Å². The van der Waals surface area contributed by atoms with Crippen LogP contribution in [0.2, 0.25) is 0 Å². The van der Waals surface area contributed by atoms with Crippen molar-refractivity contribution in [3.05, 3.63) is 41.1 Å². The van der Waals surface area contributed by atoms with Gasteiger partial charge in [-0.3, -0.25) is 4.90 Å². The summed E-state index contributed by atoms with van der Waals surface area (Å²) in [4.78, 5) is 2.71. The third kappa shape index (κ3) is 3.23. The first kappa shape index (κ1) is 13.8. The van der Waals surface area contributed by atoms with Crippen molar-refractivity contribution < 1.29 is 10.1 Å². The largest absolute Gasteiger partial charge is 0.597 e. The lowest BCUT2D eigenvalue weighted by Crippen LogP contribution is -2.41. The van der Waals surface area contributed by atoms with E-state index in [4.69, 9.17) is 5.21 Å². The summed E-state index contributed by atoms with van der Waals surface area (Å²) in [5, 5.41) is 23.1. The van der Waals surface area contributed by atoms with Gasteiger partial charge in [0, 0.05) is 6.92 Å².